The van der Waals surface area contributed by atoms with Crippen LogP contribution in [0.2, 0.25) is 0 Å². The number of benzene rings is 2. The second kappa shape index (κ2) is 13.8. The Morgan fingerprint density at radius 1 is 1.00 bits per heavy atom. The molecule has 2 atom stereocenters. The van der Waals surface area contributed by atoms with Crippen LogP contribution in [0.4, 0.5) is 0 Å². The van der Waals surface area contributed by atoms with Crippen molar-refractivity contribution in [1.82, 2.24) is 10.2 Å². The van der Waals surface area contributed by atoms with E-state index in [0.29, 0.717) is 18.7 Å². The summed E-state index contributed by atoms with van der Waals surface area (Å²) in [5.41, 5.74) is 2.30. The van der Waals surface area contributed by atoms with E-state index in [-0.39, 0.29) is 17.9 Å². The van der Waals surface area contributed by atoms with Crippen molar-refractivity contribution in [3.63, 3.8) is 0 Å². The number of carbonyl (C=O) groups is 2. The Hall–Kier alpha value is -2.47. The highest BCUT2D eigenvalue weighted by Crippen LogP contribution is 2.18. The zero-order chi connectivity index (χ0) is 23.3. The van der Waals surface area contributed by atoms with Gasteiger partial charge in [-0.1, -0.05) is 56.3 Å². The third-order valence-electron chi connectivity index (χ3n) is 5.52. The summed E-state index contributed by atoms with van der Waals surface area (Å²) >= 11 is 1.57. The van der Waals surface area contributed by atoms with E-state index in [1.54, 1.807) is 23.8 Å². The fraction of sp³-hybridized carbons (Fsp3) is 0.462. The van der Waals surface area contributed by atoms with Gasteiger partial charge in [0.1, 0.15) is 11.8 Å². The standard InChI is InChI=1S/C26H36N2O3S/c1-5-20(3)27-26(30)24(6-2)28(17-16-21-10-8-7-9-11-21)25(29)19-32-18-22-12-14-23(31-4)15-13-22/h7-15,20,24H,5-6,16-19H2,1-4H3,(H,27,30)/t20-,24+/m1/s1. The summed E-state index contributed by atoms with van der Waals surface area (Å²) in [6, 6.07) is 17.6. The molecular formula is C26H36N2O3S. The first-order valence-corrected chi connectivity index (χ1v) is 12.5. The summed E-state index contributed by atoms with van der Waals surface area (Å²) < 4.78 is 5.20. The quantitative estimate of drug-likeness (QED) is 0.475. The number of ether oxygens (including phenoxy) is 1. The third kappa shape index (κ3) is 8.23. The molecular weight excluding hydrogens is 420 g/mol. The van der Waals surface area contributed by atoms with E-state index >= 15 is 0 Å². The maximum absolute atomic E-state index is 13.2. The molecule has 5 nitrogen and oxygen atoms in total. The highest BCUT2D eigenvalue weighted by atomic mass is 32.2. The molecule has 1 N–H and O–H groups in total. The highest BCUT2D eigenvalue weighted by molar-refractivity contribution is 7.99. The van der Waals surface area contributed by atoms with Crippen LogP contribution in [0.25, 0.3) is 0 Å². The lowest BCUT2D eigenvalue weighted by molar-refractivity contribution is -0.139. The van der Waals surface area contributed by atoms with Crippen LogP contribution >= 0.6 is 11.8 Å². The Kier molecular flexibility index (Phi) is 11.2. The largest absolute Gasteiger partial charge is 0.497 e. The molecule has 174 valence electrons. The van der Waals surface area contributed by atoms with Gasteiger partial charge in [0, 0.05) is 18.3 Å². The van der Waals surface area contributed by atoms with Crippen molar-refractivity contribution in [3.8, 4) is 5.75 Å². The maximum Gasteiger partial charge on any atom is 0.243 e. The minimum absolute atomic E-state index is 0.00518. The molecule has 0 aromatic heterocycles. The molecule has 6 heteroatoms. The lowest BCUT2D eigenvalue weighted by Gasteiger charge is -2.31. The second-order valence-corrected chi connectivity index (χ2v) is 8.89. The molecule has 0 fully saturated rings. The van der Waals surface area contributed by atoms with E-state index in [0.717, 1.165) is 35.5 Å². The van der Waals surface area contributed by atoms with Crippen molar-refractivity contribution < 1.29 is 14.3 Å². The molecule has 2 rings (SSSR count). The molecule has 0 bridgehead atoms. The number of hydrogen-bond acceptors (Lipinski definition) is 4. The minimum atomic E-state index is -0.457. The van der Waals surface area contributed by atoms with Crippen molar-refractivity contribution in [2.24, 2.45) is 0 Å². The van der Waals surface area contributed by atoms with Gasteiger partial charge in [0.25, 0.3) is 0 Å². The Balaban J connectivity index is 2.04. The van der Waals surface area contributed by atoms with Gasteiger partial charge in [-0.05, 0) is 49.4 Å². The molecule has 0 radical (unpaired) electrons. The predicted molar refractivity (Wildman–Crippen MR) is 133 cm³/mol. The molecule has 0 aliphatic carbocycles. The van der Waals surface area contributed by atoms with Gasteiger partial charge >= 0.3 is 0 Å². The Morgan fingerprint density at radius 3 is 2.28 bits per heavy atom. The predicted octanol–water partition coefficient (Wildman–Crippen LogP) is 4.69. The van der Waals surface area contributed by atoms with Crippen LogP contribution in [0.1, 0.15) is 44.7 Å². The normalized spacial score (nSPS) is 12.6. The molecule has 2 aromatic carbocycles. The van der Waals surface area contributed by atoms with E-state index in [9.17, 15) is 9.59 Å². The second-order valence-electron chi connectivity index (χ2n) is 7.91. The number of carbonyl (C=O) groups excluding carboxylic acids is 2. The monoisotopic (exact) mass is 456 g/mol. The lowest BCUT2D eigenvalue weighted by Crippen LogP contribution is -2.52. The van der Waals surface area contributed by atoms with Crippen molar-refractivity contribution in [2.45, 2.75) is 57.9 Å². The average molecular weight is 457 g/mol. The smallest absolute Gasteiger partial charge is 0.243 e. The van der Waals surface area contributed by atoms with Crippen LogP contribution in [0.5, 0.6) is 5.75 Å². The van der Waals surface area contributed by atoms with Crippen molar-refractivity contribution in [2.75, 3.05) is 19.4 Å². The van der Waals surface area contributed by atoms with E-state index in [1.807, 2.05) is 63.2 Å². The van der Waals surface area contributed by atoms with Crippen molar-refractivity contribution >= 4 is 23.6 Å². The fourth-order valence-electron chi connectivity index (χ4n) is 3.40. The van der Waals surface area contributed by atoms with Gasteiger partial charge in [-0.25, -0.2) is 0 Å². The molecule has 2 amide bonds. The van der Waals surface area contributed by atoms with Gasteiger partial charge in [0.2, 0.25) is 11.8 Å². The number of thioether (sulfide) groups is 1. The number of amides is 2. The fourth-order valence-corrected chi connectivity index (χ4v) is 4.27. The summed E-state index contributed by atoms with van der Waals surface area (Å²) in [6.07, 6.45) is 2.17. The van der Waals surface area contributed by atoms with Gasteiger partial charge in [-0.15, -0.1) is 11.8 Å². The SMILES string of the molecule is CC[C@@H](C)NC(=O)[C@H](CC)N(CCc1ccccc1)C(=O)CSCc1ccc(OC)cc1. The molecule has 0 unspecified atom stereocenters. The summed E-state index contributed by atoms with van der Waals surface area (Å²) in [7, 11) is 1.65. The van der Waals surface area contributed by atoms with Crippen LogP contribution in [0, 0.1) is 0 Å². The number of rotatable bonds is 13. The van der Waals surface area contributed by atoms with Gasteiger partial charge in [-0.2, -0.15) is 0 Å². The summed E-state index contributed by atoms with van der Waals surface area (Å²) in [5.74, 6) is 1.83. The Bertz CT molecular complexity index is 827. The van der Waals surface area contributed by atoms with Crippen LogP contribution in [-0.4, -0.2) is 48.2 Å². The van der Waals surface area contributed by atoms with Crippen LogP contribution in [0.3, 0.4) is 0 Å². The maximum atomic E-state index is 13.2. The first kappa shape index (κ1) is 25.8. The zero-order valence-corrected chi connectivity index (χ0v) is 20.5. The van der Waals surface area contributed by atoms with E-state index in [4.69, 9.17) is 4.74 Å². The minimum Gasteiger partial charge on any atom is -0.497 e. The number of methoxy groups -OCH3 is 1. The van der Waals surface area contributed by atoms with Gasteiger partial charge < -0.3 is 15.0 Å². The van der Waals surface area contributed by atoms with E-state index in [2.05, 4.69) is 17.4 Å². The molecule has 0 aliphatic rings. The van der Waals surface area contributed by atoms with Gasteiger partial charge in [0.05, 0.1) is 12.9 Å². The summed E-state index contributed by atoms with van der Waals surface area (Å²) in [6.45, 7) is 6.53. The van der Waals surface area contributed by atoms with Gasteiger partial charge in [-0.3, -0.25) is 9.59 Å². The molecule has 32 heavy (non-hydrogen) atoms. The van der Waals surface area contributed by atoms with Crippen LogP contribution < -0.4 is 10.1 Å². The van der Waals surface area contributed by atoms with Crippen molar-refractivity contribution in [1.29, 1.82) is 0 Å². The average Bonchev–Trinajstić information content (AvgIpc) is 2.82. The topological polar surface area (TPSA) is 58.6 Å². The molecule has 0 aliphatic heterocycles. The molecule has 0 saturated carbocycles. The third-order valence-corrected chi connectivity index (χ3v) is 6.51. The number of hydrogen-bond donors (Lipinski definition) is 1. The first-order valence-electron chi connectivity index (χ1n) is 11.3. The molecule has 0 saturated heterocycles. The van der Waals surface area contributed by atoms with Gasteiger partial charge in [0.15, 0.2) is 0 Å². The lowest BCUT2D eigenvalue weighted by atomic mass is 10.1. The molecule has 0 heterocycles. The number of nitrogens with one attached hydrogen (secondary N) is 1. The molecule has 0 spiro atoms. The van der Waals surface area contributed by atoms with Crippen molar-refractivity contribution in [3.05, 3.63) is 65.7 Å². The van der Waals surface area contributed by atoms with Crippen LogP contribution in [-0.2, 0) is 21.8 Å². The Labute approximate surface area is 196 Å². The number of nitrogens with zero attached hydrogens (tertiary/aromatic N) is 1. The molecule has 2 aromatic rings. The summed E-state index contributed by atoms with van der Waals surface area (Å²) in [5, 5.41) is 3.06. The Morgan fingerprint density at radius 2 is 1.69 bits per heavy atom. The zero-order valence-electron chi connectivity index (χ0n) is 19.7. The van der Waals surface area contributed by atoms with E-state index in [1.165, 1.54) is 0 Å². The van der Waals surface area contributed by atoms with E-state index < -0.39 is 6.04 Å². The van der Waals surface area contributed by atoms with Crippen LogP contribution in [0.15, 0.2) is 54.6 Å². The highest BCUT2D eigenvalue weighted by Gasteiger charge is 2.28. The summed E-state index contributed by atoms with van der Waals surface area (Å²) in [4.78, 5) is 27.9. The first-order chi connectivity index (χ1) is 15.5.